The van der Waals surface area contributed by atoms with E-state index in [1.807, 2.05) is 0 Å². The van der Waals surface area contributed by atoms with Crippen LogP contribution in [0, 0.1) is 6.92 Å². The molecule has 108 valence electrons. The van der Waals surface area contributed by atoms with Gasteiger partial charge in [0.25, 0.3) is 5.91 Å². The topological polar surface area (TPSA) is 81.9 Å². The van der Waals surface area contributed by atoms with E-state index in [0.717, 1.165) is 5.56 Å². The van der Waals surface area contributed by atoms with Gasteiger partial charge < -0.3 is 15.6 Å². The maximum absolute atomic E-state index is 12.2. The predicted molar refractivity (Wildman–Crippen MR) is 81.2 cm³/mol. The summed E-state index contributed by atoms with van der Waals surface area (Å²) < 4.78 is 0. The summed E-state index contributed by atoms with van der Waals surface area (Å²) in [6.07, 6.45) is 0. The number of nitrogens with one attached hydrogen (secondary N) is 1. The van der Waals surface area contributed by atoms with Crippen LogP contribution >= 0.6 is 0 Å². The van der Waals surface area contributed by atoms with Gasteiger partial charge in [-0.1, -0.05) is 17.3 Å². The molecule has 0 fully saturated rings. The molecule has 0 aliphatic heterocycles. The molecule has 0 atom stereocenters. The number of phenolic OH excluding ortho intramolecular Hbond substituents is 1. The van der Waals surface area contributed by atoms with E-state index in [0.29, 0.717) is 22.5 Å². The van der Waals surface area contributed by atoms with Gasteiger partial charge >= 0.3 is 0 Å². The first-order valence-electron chi connectivity index (χ1n) is 6.41. The standard InChI is InChI=1S/C16H16N2O3/c1-10-8-14(19)6-7-15(10)16(20)17-13-5-3-4-12(9-13)11(2)18-21/h3-9,19,21H,1-2H3,(H,17,20)/b18-11-. The molecule has 0 saturated carbocycles. The van der Waals surface area contributed by atoms with Crippen molar-refractivity contribution in [3.8, 4) is 5.75 Å². The van der Waals surface area contributed by atoms with Crippen molar-refractivity contribution in [3.63, 3.8) is 0 Å². The quantitative estimate of drug-likeness (QED) is 0.460. The Hall–Kier alpha value is -2.82. The van der Waals surface area contributed by atoms with E-state index in [1.165, 1.54) is 12.1 Å². The SMILES string of the molecule is C/C(=N/O)c1cccc(NC(=O)c2ccc(O)cc2C)c1. The van der Waals surface area contributed by atoms with Crippen molar-refractivity contribution in [2.75, 3.05) is 5.32 Å². The van der Waals surface area contributed by atoms with Crippen molar-refractivity contribution in [1.82, 2.24) is 0 Å². The summed E-state index contributed by atoms with van der Waals surface area (Å²) in [6.45, 7) is 3.43. The van der Waals surface area contributed by atoms with Crippen LogP contribution in [-0.2, 0) is 0 Å². The van der Waals surface area contributed by atoms with Crippen LogP contribution in [0.4, 0.5) is 5.69 Å². The number of hydrogen-bond donors (Lipinski definition) is 3. The number of nitrogens with zero attached hydrogens (tertiary/aromatic N) is 1. The molecule has 0 aliphatic carbocycles. The van der Waals surface area contributed by atoms with E-state index >= 15 is 0 Å². The van der Waals surface area contributed by atoms with Crippen LogP contribution in [-0.4, -0.2) is 21.9 Å². The average molecular weight is 284 g/mol. The zero-order valence-electron chi connectivity index (χ0n) is 11.8. The Morgan fingerprint density at radius 1 is 1.19 bits per heavy atom. The minimum absolute atomic E-state index is 0.126. The smallest absolute Gasteiger partial charge is 0.255 e. The second-order valence-electron chi connectivity index (χ2n) is 4.72. The van der Waals surface area contributed by atoms with E-state index in [4.69, 9.17) is 5.21 Å². The lowest BCUT2D eigenvalue weighted by Gasteiger charge is -2.09. The van der Waals surface area contributed by atoms with Gasteiger partial charge in [-0.05, 0) is 49.7 Å². The first-order valence-corrected chi connectivity index (χ1v) is 6.41. The fraction of sp³-hybridized carbons (Fsp3) is 0.125. The molecular formula is C16H16N2O3. The van der Waals surface area contributed by atoms with Gasteiger partial charge in [0.2, 0.25) is 0 Å². The van der Waals surface area contributed by atoms with Crippen molar-refractivity contribution in [2.24, 2.45) is 5.16 Å². The largest absolute Gasteiger partial charge is 0.508 e. The number of aromatic hydroxyl groups is 1. The fourth-order valence-electron chi connectivity index (χ4n) is 1.98. The zero-order chi connectivity index (χ0) is 15.4. The number of rotatable bonds is 3. The normalized spacial score (nSPS) is 11.2. The van der Waals surface area contributed by atoms with Crippen LogP contribution in [0.3, 0.4) is 0 Å². The van der Waals surface area contributed by atoms with E-state index in [9.17, 15) is 9.90 Å². The molecule has 21 heavy (non-hydrogen) atoms. The summed E-state index contributed by atoms with van der Waals surface area (Å²) >= 11 is 0. The number of hydrogen-bond acceptors (Lipinski definition) is 4. The molecular weight excluding hydrogens is 268 g/mol. The molecule has 0 aliphatic rings. The number of phenols is 1. The third-order valence-corrected chi connectivity index (χ3v) is 3.14. The number of aryl methyl sites for hydroxylation is 1. The van der Waals surface area contributed by atoms with Crippen LogP contribution in [0.15, 0.2) is 47.6 Å². The summed E-state index contributed by atoms with van der Waals surface area (Å²) in [5.41, 5.74) is 2.97. The van der Waals surface area contributed by atoms with Gasteiger partial charge in [-0.2, -0.15) is 0 Å². The molecule has 1 amide bonds. The minimum atomic E-state index is -0.261. The fourth-order valence-corrected chi connectivity index (χ4v) is 1.98. The lowest BCUT2D eigenvalue weighted by atomic mass is 10.1. The second kappa shape index (κ2) is 6.09. The number of carbonyl (C=O) groups excluding carboxylic acids is 1. The number of carbonyl (C=O) groups is 1. The summed E-state index contributed by atoms with van der Waals surface area (Å²) in [6, 6.07) is 11.6. The van der Waals surface area contributed by atoms with Crippen molar-refractivity contribution in [2.45, 2.75) is 13.8 Å². The van der Waals surface area contributed by atoms with E-state index < -0.39 is 0 Å². The Kier molecular flexibility index (Phi) is 4.23. The van der Waals surface area contributed by atoms with Gasteiger partial charge in [0, 0.05) is 16.8 Å². The highest BCUT2D eigenvalue weighted by Gasteiger charge is 2.10. The van der Waals surface area contributed by atoms with Crippen molar-refractivity contribution in [3.05, 3.63) is 59.2 Å². The molecule has 3 N–H and O–H groups in total. The first kappa shape index (κ1) is 14.6. The molecule has 0 unspecified atom stereocenters. The lowest BCUT2D eigenvalue weighted by Crippen LogP contribution is -2.13. The number of anilines is 1. The highest BCUT2D eigenvalue weighted by Crippen LogP contribution is 2.18. The van der Waals surface area contributed by atoms with E-state index in [1.54, 1.807) is 44.2 Å². The lowest BCUT2D eigenvalue weighted by molar-refractivity contribution is 0.102. The van der Waals surface area contributed by atoms with Crippen LogP contribution in [0.2, 0.25) is 0 Å². The molecule has 0 bridgehead atoms. The van der Waals surface area contributed by atoms with Crippen molar-refractivity contribution < 1.29 is 15.1 Å². The van der Waals surface area contributed by atoms with Gasteiger partial charge in [0.1, 0.15) is 5.75 Å². The third-order valence-electron chi connectivity index (χ3n) is 3.14. The Bertz CT molecular complexity index is 708. The molecule has 0 radical (unpaired) electrons. The Morgan fingerprint density at radius 2 is 1.95 bits per heavy atom. The molecule has 5 heteroatoms. The minimum Gasteiger partial charge on any atom is -0.508 e. The van der Waals surface area contributed by atoms with Gasteiger partial charge in [-0.15, -0.1) is 0 Å². The van der Waals surface area contributed by atoms with Gasteiger partial charge in [-0.25, -0.2) is 0 Å². The Labute approximate surface area is 122 Å². The molecule has 0 aromatic heterocycles. The summed E-state index contributed by atoms with van der Waals surface area (Å²) in [5.74, 6) is -0.135. The average Bonchev–Trinajstić information content (AvgIpc) is 2.46. The monoisotopic (exact) mass is 284 g/mol. The molecule has 0 saturated heterocycles. The maximum atomic E-state index is 12.2. The van der Waals surface area contributed by atoms with Crippen LogP contribution in [0.25, 0.3) is 0 Å². The summed E-state index contributed by atoms with van der Waals surface area (Å²) in [7, 11) is 0. The first-order chi connectivity index (χ1) is 10.0. The predicted octanol–water partition coefficient (Wildman–Crippen LogP) is 3.15. The maximum Gasteiger partial charge on any atom is 0.255 e. The van der Waals surface area contributed by atoms with Crippen molar-refractivity contribution in [1.29, 1.82) is 0 Å². The van der Waals surface area contributed by atoms with Crippen LogP contribution < -0.4 is 5.32 Å². The van der Waals surface area contributed by atoms with E-state index in [2.05, 4.69) is 10.5 Å². The zero-order valence-corrected chi connectivity index (χ0v) is 11.8. The van der Waals surface area contributed by atoms with Crippen LogP contribution in [0.1, 0.15) is 28.4 Å². The highest BCUT2D eigenvalue weighted by atomic mass is 16.4. The molecule has 5 nitrogen and oxygen atoms in total. The number of benzene rings is 2. The van der Waals surface area contributed by atoms with Gasteiger partial charge in [0.15, 0.2) is 0 Å². The highest BCUT2D eigenvalue weighted by molar-refractivity contribution is 6.06. The Balaban J connectivity index is 2.23. The molecule has 2 aromatic carbocycles. The van der Waals surface area contributed by atoms with Gasteiger partial charge in [0.05, 0.1) is 5.71 Å². The van der Waals surface area contributed by atoms with Crippen molar-refractivity contribution >= 4 is 17.3 Å². The molecule has 0 heterocycles. The third kappa shape index (κ3) is 3.39. The van der Waals surface area contributed by atoms with Crippen LogP contribution in [0.5, 0.6) is 5.75 Å². The summed E-state index contributed by atoms with van der Waals surface area (Å²) in [5, 5.41) is 24.1. The van der Waals surface area contributed by atoms with Gasteiger partial charge in [-0.3, -0.25) is 4.79 Å². The van der Waals surface area contributed by atoms with E-state index in [-0.39, 0.29) is 11.7 Å². The number of oxime groups is 1. The second-order valence-corrected chi connectivity index (χ2v) is 4.72. The molecule has 0 spiro atoms. The molecule has 2 aromatic rings. The Morgan fingerprint density at radius 3 is 2.62 bits per heavy atom. The number of amides is 1. The summed E-state index contributed by atoms with van der Waals surface area (Å²) in [4.78, 5) is 12.2. The molecule has 2 rings (SSSR count).